The Bertz CT molecular complexity index is 997. The van der Waals surface area contributed by atoms with E-state index in [1.165, 1.54) is 0 Å². The summed E-state index contributed by atoms with van der Waals surface area (Å²) in [5.74, 6) is -0.773. The molecule has 0 atom stereocenters. The van der Waals surface area contributed by atoms with E-state index in [4.69, 9.17) is 22.1 Å². The lowest BCUT2D eigenvalue weighted by atomic mass is 10.1. The van der Waals surface area contributed by atoms with E-state index in [9.17, 15) is 9.59 Å². The molecular weight excluding hydrogens is 398 g/mol. The first kappa shape index (κ1) is 20.1. The van der Waals surface area contributed by atoms with E-state index in [0.717, 1.165) is 44.9 Å². The Kier molecular flexibility index (Phi) is 5.85. The van der Waals surface area contributed by atoms with E-state index >= 15 is 0 Å². The molecule has 1 aromatic heterocycles. The smallest absolute Gasteiger partial charge is 0.323 e. The first-order valence-corrected chi connectivity index (χ1v) is 9.66. The number of hydrogen-bond acceptors (Lipinski definition) is 6. The van der Waals surface area contributed by atoms with Gasteiger partial charge in [0.2, 0.25) is 0 Å². The molecule has 1 fully saturated rings. The Balaban J connectivity index is 1.90. The van der Waals surface area contributed by atoms with Gasteiger partial charge in [0.15, 0.2) is 0 Å². The molecule has 2 heterocycles. The fourth-order valence-electron chi connectivity index (χ4n) is 2.93. The third-order valence-electron chi connectivity index (χ3n) is 4.19. The molecule has 28 heavy (non-hydrogen) atoms. The van der Waals surface area contributed by atoms with Crippen molar-refractivity contribution >= 4 is 46.3 Å². The number of aromatic nitrogens is 2. The van der Waals surface area contributed by atoms with E-state index < -0.39 is 18.4 Å². The monoisotopic (exact) mass is 417 g/mol. The van der Waals surface area contributed by atoms with Crippen molar-refractivity contribution in [2.75, 3.05) is 13.7 Å². The minimum atomic E-state index is -1.10. The van der Waals surface area contributed by atoms with Gasteiger partial charge in [0, 0.05) is 11.3 Å². The van der Waals surface area contributed by atoms with Gasteiger partial charge in [0.1, 0.15) is 16.6 Å². The highest BCUT2D eigenvalue weighted by Crippen LogP contribution is 2.33. The number of thioether (sulfide) groups is 1. The predicted molar refractivity (Wildman–Crippen MR) is 111 cm³/mol. The van der Waals surface area contributed by atoms with Crippen LogP contribution in [0.1, 0.15) is 22.5 Å². The van der Waals surface area contributed by atoms with Crippen LogP contribution in [0.4, 0.5) is 0 Å². The number of ether oxygens (including phenoxy) is 1. The Morgan fingerprint density at radius 2 is 2.11 bits per heavy atom. The normalized spacial score (nSPS) is 15.5. The number of carbonyl (C=O) groups excluding carboxylic acids is 1. The van der Waals surface area contributed by atoms with Crippen LogP contribution in [-0.2, 0) is 16.1 Å². The average Bonchev–Trinajstić information content (AvgIpc) is 3.07. The number of rotatable bonds is 6. The van der Waals surface area contributed by atoms with Crippen LogP contribution in [0.2, 0.25) is 0 Å². The maximum atomic E-state index is 12.4. The molecule has 3 rings (SSSR count). The summed E-state index contributed by atoms with van der Waals surface area (Å²) in [6, 6.07) is 7.61. The fourth-order valence-corrected chi connectivity index (χ4v) is 4.19. The zero-order valence-electron chi connectivity index (χ0n) is 15.6. The number of hydrogen-bond donors (Lipinski definition) is 1. The summed E-state index contributed by atoms with van der Waals surface area (Å²) in [5, 5.41) is 13.4. The lowest BCUT2D eigenvalue weighted by Gasteiger charge is -2.11. The van der Waals surface area contributed by atoms with Crippen molar-refractivity contribution in [2.24, 2.45) is 0 Å². The van der Waals surface area contributed by atoms with Crippen LogP contribution in [0.25, 0.3) is 6.08 Å². The largest absolute Gasteiger partial charge is 0.496 e. The molecule has 0 aliphatic carbocycles. The van der Waals surface area contributed by atoms with E-state index in [2.05, 4.69) is 5.10 Å². The van der Waals surface area contributed by atoms with Crippen molar-refractivity contribution in [2.45, 2.75) is 20.4 Å². The van der Waals surface area contributed by atoms with Crippen molar-refractivity contribution in [3.8, 4) is 5.75 Å². The molecule has 7 nitrogen and oxygen atoms in total. The predicted octanol–water partition coefficient (Wildman–Crippen LogP) is 2.84. The lowest BCUT2D eigenvalue weighted by Crippen LogP contribution is -2.33. The molecule has 146 valence electrons. The molecule has 0 saturated carbocycles. The van der Waals surface area contributed by atoms with Crippen LogP contribution >= 0.6 is 24.0 Å². The van der Waals surface area contributed by atoms with Gasteiger partial charge in [-0.25, -0.2) is 0 Å². The molecule has 9 heteroatoms. The van der Waals surface area contributed by atoms with Gasteiger partial charge in [-0.05, 0) is 43.7 Å². The van der Waals surface area contributed by atoms with Gasteiger partial charge in [0.25, 0.3) is 5.91 Å². The van der Waals surface area contributed by atoms with Crippen molar-refractivity contribution < 1.29 is 19.4 Å². The molecule has 1 aromatic carbocycles. The van der Waals surface area contributed by atoms with Crippen LogP contribution in [0.5, 0.6) is 5.75 Å². The van der Waals surface area contributed by atoms with Gasteiger partial charge in [-0.2, -0.15) is 5.10 Å². The number of aliphatic carboxylic acids is 1. The number of carboxylic acid groups (broad SMARTS) is 1. The first-order chi connectivity index (χ1) is 13.3. The first-order valence-electron chi connectivity index (χ1n) is 8.43. The van der Waals surface area contributed by atoms with Gasteiger partial charge in [0.05, 0.1) is 24.3 Å². The molecule has 1 saturated heterocycles. The Morgan fingerprint density at radius 1 is 1.36 bits per heavy atom. The maximum absolute atomic E-state index is 12.4. The van der Waals surface area contributed by atoms with Crippen molar-refractivity contribution in [1.29, 1.82) is 0 Å². The third kappa shape index (κ3) is 4.26. The number of aryl methyl sites for hydroxylation is 2. The average molecular weight is 418 g/mol. The van der Waals surface area contributed by atoms with E-state index in [1.807, 2.05) is 42.8 Å². The Morgan fingerprint density at radius 3 is 2.71 bits per heavy atom. The topological polar surface area (TPSA) is 84.7 Å². The third-order valence-corrected chi connectivity index (χ3v) is 5.57. The lowest BCUT2D eigenvalue weighted by molar-refractivity contribution is -0.140. The molecule has 0 radical (unpaired) electrons. The zero-order valence-corrected chi connectivity index (χ0v) is 17.3. The molecule has 0 unspecified atom stereocenters. The second-order valence-corrected chi connectivity index (χ2v) is 7.99. The molecule has 1 amide bonds. The highest BCUT2D eigenvalue weighted by Gasteiger charge is 2.33. The van der Waals surface area contributed by atoms with Gasteiger partial charge in [-0.3, -0.25) is 19.2 Å². The summed E-state index contributed by atoms with van der Waals surface area (Å²) < 4.78 is 7.60. The van der Waals surface area contributed by atoms with Crippen LogP contribution in [0.3, 0.4) is 0 Å². The molecule has 2 aromatic rings. The standard InChI is InChI=1S/C19H19N3O4S2/c1-11-6-12(2)22(20-11)9-14-7-13(4-5-15(14)26-3)8-16-18(25)21(10-17(23)24)19(27)28-16/h4-8H,9-10H2,1-3H3,(H,23,24)/b16-8-. The molecule has 0 bridgehead atoms. The highest BCUT2D eigenvalue weighted by molar-refractivity contribution is 8.26. The van der Waals surface area contributed by atoms with E-state index in [-0.39, 0.29) is 4.32 Å². The summed E-state index contributed by atoms with van der Waals surface area (Å²) in [4.78, 5) is 24.9. The van der Waals surface area contributed by atoms with Gasteiger partial charge in [-0.15, -0.1) is 0 Å². The van der Waals surface area contributed by atoms with Crippen molar-refractivity contribution in [3.63, 3.8) is 0 Å². The van der Waals surface area contributed by atoms with E-state index in [1.54, 1.807) is 13.2 Å². The number of nitrogens with zero attached hydrogens (tertiary/aromatic N) is 3. The minimum absolute atomic E-state index is 0.245. The Hall–Kier alpha value is -2.65. The second kappa shape index (κ2) is 8.15. The number of thiocarbonyl (C=S) groups is 1. The summed E-state index contributed by atoms with van der Waals surface area (Å²) in [5.41, 5.74) is 3.70. The van der Waals surface area contributed by atoms with Crippen molar-refractivity contribution in [1.82, 2.24) is 14.7 Å². The Labute approximate surface area is 172 Å². The summed E-state index contributed by atoms with van der Waals surface area (Å²) >= 11 is 6.23. The molecule has 1 aliphatic rings. The quantitative estimate of drug-likeness (QED) is 0.571. The SMILES string of the molecule is COc1ccc(/C=C2\SC(=S)N(CC(=O)O)C2=O)cc1Cn1nc(C)cc1C. The fraction of sp³-hybridized carbons (Fsp3) is 0.263. The van der Waals surface area contributed by atoms with Crippen LogP contribution in [-0.4, -0.2) is 49.6 Å². The maximum Gasteiger partial charge on any atom is 0.323 e. The highest BCUT2D eigenvalue weighted by atomic mass is 32.2. The van der Waals surface area contributed by atoms with Crippen LogP contribution < -0.4 is 4.74 Å². The number of carboxylic acids is 1. The summed E-state index contributed by atoms with van der Waals surface area (Å²) in [7, 11) is 1.61. The van der Waals surface area contributed by atoms with Crippen molar-refractivity contribution in [3.05, 3.63) is 51.7 Å². The zero-order chi connectivity index (χ0) is 20.4. The van der Waals surface area contributed by atoms with E-state index in [0.29, 0.717) is 11.4 Å². The number of carbonyl (C=O) groups is 2. The van der Waals surface area contributed by atoms with Gasteiger partial charge in [-0.1, -0.05) is 30.0 Å². The number of benzene rings is 1. The second-order valence-electron chi connectivity index (χ2n) is 6.32. The minimum Gasteiger partial charge on any atom is -0.496 e. The molecule has 0 spiro atoms. The van der Waals surface area contributed by atoms with Crippen LogP contribution in [0, 0.1) is 13.8 Å². The van der Waals surface area contributed by atoms with Crippen LogP contribution in [0.15, 0.2) is 29.2 Å². The van der Waals surface area contributed by atoms with Gasteiger partial charge < -0.3 is 9.84 Å². The number of amides is 1. The molecular formula is C19H19N3O4S2. The van der Waals surface area contributed by atoms with Gasteiger partial charge >= 0.3 is 5.97 Å². The molecule has 1 N–H and O–H groups in total. The number of methoxy groups -OCH3 is 1. The summed E-state index contributed by atoms with van der Waals surface area (Å²) in [6.45, 7) is 4.03. The summed E-state index contributed by atoms with van der Waals surface area (Å²) in [6.07, 6.45) is 1.71. The molecule has 1 aliphatic heterocycles.